The Morgan fingerprint density at radius 2 is 0.412 bits per heavy atom. The minimum Gasteiger partial charge on any atom is -0.464 e. The summed E-state index contributed by atoms with van der Waals surface area (Å²) in [5.74, 6) is -11.0. The highest BCUT2D eigenvalue weighted by Crippen LogP contribution is 2.33. The molecule has 0 rings (SSSR count). The van der Waals surface area contributed by atoms with E-state index in [1.54, 1.807) is 0 Å². The van der Waals surface area contributed by atoms with Crippen LogP contribution in [0.15, 0.2) is 0 Å². The maximum absolute atomic E-state index is 14.0. The highest BCUT2D eigenvalue weighted by molar-refractivity contribution is 9.11. The summed E-state index contributed by atoms with van der Waals surface area (Å²) in [6, 6.07) is 0. The topological polar surface area (TPSA) is 526 Å². The van der Waals surface area contributed by atoms with Gasteiger partial charge in [0.25, 0.3) is 0 Å². The molecule has 758 valence electrons. The number of nitrogens with one attached hydrogen (secondary N) is 6. The van der Waals surface area contributed by atoms with Crippen LogP contribution in [0.1, 0.15) is 144 Å². The van der Waals surface area contributed by atoms with Crippen molar-refractivity contribution < 1.29 is 163 Å². The number of aliphatic hydroxyl groups excluding tert-OH is 2. The van der Waals surface area contributed by atoms with Gasteiger partial charge in [-0.15, -0.1) is 0 Å². The van der Waals surface area contributed by atoms with Gasteiger partial charge in [-0.3, -0.25) is 71.9 Å². The van der Waals surface area contributed by atoms with Crippen LogP contribution in [-0.2, 0) is 152 Å². The Morgan fingerprint density at radius 3 is 0.595 bits per heavy atom. The summed E-state index contributed by atoms with van der Waals surface area (Å²) in [6.45, 7) is 16.9. The number of esters is 9. The van der Waals surface area contributed by atoms with E-state index in [0.29, 0.717) is 0 Å². The summed E-state index contributed by atoms with van der Waals surface area (Å²) in [5.41, 5.74) is -6.29. The Morgan fingerprint density at radius 1 is 0.237 bits per heavy atom. The highest BCUT2D eigenvalue weighted by Gasteiger charge is 2.46. The molecule has 0 radical (unpaired) electrons. The number of amides is 6. The van der Waals surface area contributed by atoms with Crippen LogP contribution < -0.4 is 31.9 Å². The number of carbonyl (C=O) groups excluding carboxylic acids is 15. The Labute approximate surface area is 841 Å². The lowest BCUT2D eigenvalue weighted by atomic mass is 9.88. The van der Waals surface area contributed by atoms with Crippen LogP contribution in [-0.4, -0.2) is 355 Å². The van der Waals surface area contributed by atoms with Gasteiger partial charge in [-0.2, -0.15) is 0 Å². The summed E-state index contributed by atoms with van der Waals surface area (Å²) >= 11 is 29.3. The van der Waals surface area contributed by atoms with Crippen LogP contribution in [0, 0.1) is 21.7 Å². The van der Waals surface area contributed by atoms with Crippen LogP contribution in [0.3, 0.4) is 0 Å². The van der Waals surface area contributed by atoms with Crippen molar-refractivity contribution in [2.45, 2.75) is 189 Å². The normalized spacial score (nSPS) is 13.0. The van der Waals surface area contributed by atoms with E-state index in [-0.39, 0.29) is 105 Å². The van der Waals surface area contributed by atoms with Crippen molar-refractivity contribution in [1.29, 1.82) is 0 Å². The smallest absolute Gasteiger partial charge is 0.322 e. The van der Waals surface area contributed by atoms with Gasteiger partial charge in [0.05, 0.1) is 109 Å². The molecule has 1 atom stereocenters. The summed E-state index contributed by atoms with van der Waals surface area (Å²) in [7, 11) is 0. The summed E-state index contributed by atoms with van der Waals surface area (Å²) in [5, 5.41) is 34.5. The van der Waals surface area contributed by atoms with Gasteiger partial charge in [0.1, 0.15) is 124 Å². The molecule has 0 heterocycles. The van der Waals surface area contributed by atoms with Gasteiger partial charge in [0.2, 0.25) is 35.4 Å². The SMILES string of the molecule is CC(C)(Br)C(=O)OCC(COCC(=O)NCCC(=O)NCC(CNC(=O)CCNC(=O)COCC(COC(=O)C(C)(C)Br)(COC(=O)C(C)(C)Br)COC(=O)C(C)(C)Br)(CNC(=O)CCNC(=O)COCC(COC(=O)C(C)(C)Br)(COC(=O)C(C)(C)Br)COC(=O)C(C)(C)Br)COCCOCCOCCOCCOCC(O)CO)(COC(=O)C(C)(C)Br)COC(=O)C(C)(C)Br. The second-order valence-electron chi connectivity index (χ2n) is 35.3. The van der Waals surface area contributed by atoms with Crippen LogP contribution in [0.5, 0.6) is 0 Å². The molecule has 6 amide bonds. The van der Waals surface area contributed by atoms with Gasteiger partial charge < -0.3 is 123 Å². The predicted octanol–water partition coefficient (Wildman–Crippen LogP) is 5.74. The van der Waals surface area contributed by atoms with E-state index in [1.165, 1.54) is 125 Å². The molecule has 0 fully saturated rings. The molecule has 0 aliphatic carbocycles. The lowest BCUT2D eigenvalue weighted by Crippen LogP contribution is -2.54. The van der Waals surface area contributed by atoms with Gasteiger partial charge in [-0.05, 0) is 125 Å². The van der Waals surface area contributed by atoms with E-state index in [2.05, 4.69) is 175 Å². The molecule has 1 unspecified atom stereocenters. The Balaban J connectivity index is 7.52. The Hall–Kier alpha value is -4.03. The van der Waals surface area contributed by atoms with Crippen molar-refractivity contribution in [3.05, 3.63) is 0 Å². The molecular formula is C82H133Br9N6O34. The molecule has 131 heavy (non-hydrogen) atoms. The molecule has 0 saturated carbocycles. The molecule has 0 spiro atoms. The quantitative estimate of drug-likeness (QED) is 0.0156. The Kier molecular flexibility index (Phi) is 58.9. The van der Waals surface area contributed by atoms with E-state index < -0.39 is 281 Å². The molecule has 0 aromatic rings. The van der Waals surface area contributed by atoms with Crippen LogP contribution in [0.2, 0.25) is 0 Å². The third-order valence-corrected chi connectivity index (χ3v) is 20.2. The Bertz CT molecular complexity index is 3070. The fourth-order valence-corrected chi connectivity index (χ4v) is 10.3. The monoisotopic (exact) mass is 2460 g/mol. The number of carbonyl (C=O) groups is 15. The first-order valence-corrected chi connectivity index (χ1v) is 48.5. The first-order chi connectivity index (χ1) is 60.1. The number of halogens is 9. The van der Waals surface area contributed by atoms with E-state index in [9.17, 15) is 77.0 Å². The molecule has 0 aliphatic rings. The van der Waals surface area contributed by atoms with Gasteiger partial charge in [0, 0.05) is 63.9 Å². The van der Waals surface area contributed by atoms with E-state index in [4.69, 9.17) is 85.6 Å². The zero-order valence-corrected chi connectivity index (χ0v) is 92.0. The molecule has 0 aromatic carbocycles. The zero-order chi connectivity index (χ0) is 101. The third kappa shape index (κ3) is 58.5. The summed E-state index contributed by atoms with van der Waals surface area (Å²) in [4.78, 5) is 200. The second kappa shape index (κ2) is 60.7. The van der Waals surface area contributed by atoms with Gasteiger partial charge >= 0.3 is 53.7 Å². The largest absolute Gasteiger partial charge is 0.464 e. The minimum absolute atomic E-state index is 0.0321. The van der Waals surface area contributed by atoms with Crippen LogP contribution in [0.4, 0.5) is 0 Å². The van der Waals surface area contributed by atoms with Crippen molar-refractivity contribution in [3.63, 3.8) is 0 Å². The minimum atomic E-state index is -1.60. The maximum Gasteiger partial charge on any atom is 0.322 e. The third-order valence-electron chi connectivity index (χ3n) is 17.3. The van der Waals surface area contributed by atoms with Crippen molar-refractivity contribution in [2.75, 3.05) is 211 Å². The van der Waals surface area contributed by atoms with E-state index in [0.717, 1.165) is 0 Å². The van der Waals surface area contributed by atoms with Crippen molar-refractivity contribution in [1.82, 2.24) is 31.9 Å². The highest BCUT2D eigenvalue weighted by atomic mass is 79.9. The molecule has 0 saturated heterocycles. The molecule has 8 N–H and O–H groups in total. The summed E-state index contributed by atoms with van der Waals surface area (Å²) < 4.78 is 85.6. The number of aliphatic hydroxyl groups is 2. The number of hydrogen-bond acceptors (Lipinski definition) is 34. The lowest BCUT2D eigenvalue weighted by molar-refractivity contribution is -0.172. The number of rotatable bonds is 71. The standard InChI is InChI=1S/C82H133Br9N6O34/c1-70(2,83)61(106)123-45-80(46-124-62(107)71(3,4)84,47-125-63(108)72(5,6)85)42-120-35-58(103)92-22-19-55(100)95-38-79(41-119-32-30-117-28-26-115-25-27-116-29-31-118-34-54(99)33-98,39-96-56(101)20-23-93-59(104)36-121-43-81(48-126-64(109)73(7,8)86,49-127-65(110)74(9,10)87)50-128-66(111)75(11,12)88)40-97-57(102)21-24-94-60(105)37-122-44-82(51-129-67(112)76(13,14)89,52-130-68(113)77(15,16)90)53-131-69(114)78(17,18)91/h54,98-99H,19-53H2,1-18H3,(H,92,103)(H,93,104)(H,94,105)(H,95,100)(H,96,101)(H,97,102). The molecule has 0 aromatic heterocycles. The van der Waals surface area contributed by atoms with E-state index in [1.807, 2.05) is 0 Å². The molecule has 40 nitrogen and oxygen atoms in total. The van der Waals surface area contributed by atoms with Crippen LogP contribution in [0.25, 0.3) is 0 Å². The first-order valence-electron chi connectivity index (χ1n) is 41.4. The van der Waals surface area contributed by atoms with Gasteiger partial charge in [-0.25, -0.2) is 0 Å². The molecule has 0 bridgehead atoms. The zero-order valence-electron chi connectivity index (χ0n) is 77.7. The van der Waals surface area contributed by atoms with Gasteiger partial charge in [-0.1, -0.05) is 143 Å². The van der Waals surface area contributed by atoms with Crippen LogP contribution >= 0.6 is 143 Å². The average molecular weight is 2470 g/mol. The number of alkyl halides is 9. The fourth-order valence-electron chi connectivity index (χ4n) is 9.24. The average Bonchev–Trinajstić information content (AvgIpc) is 0.856. The number of ether oxygens (including phenoxy) is 17. The van der Waals surface area contributed by atoms with Crippen molar-refractivity contribution in [2.24, 2.45) is 21.7 Å². The lowest BCUT2D eigenvalue weighted by Gasteiger charge is -2.34. The molecule has 0 aliphatic heterocycles. The van der Waals surface area contributed by atoms with Crippen molar-refractivity contribution >= 4 is 233 Å². The van der Waals surface area contributed by atoms with E-state index >= 15 is 0 Å². The molecule has 49 heteroatoms. The van der Waals surface area contributed by atoms with Crippen molar-refractivity contribution in [3.8, 4) is 0 Å². The summed E-state index contributed by atoms with van der Waals surface area (Å²) in [6.07, 6.45) is -2.21. The fraction of sp³-hybridized carbons (Fsp3) is 0.817. The second-order valence-corrected chi connectivity index (χ2v) is 53.2. The van der Waals surface area contributed by atoms with Gasteiger partial charge in [0.15, 0.2) is 0 Å². The predicted molar refractivity (Wildman–Crippen MR) is 507 cm³/mol. The number of hydrogen-bond donors (Lipinski definition) is 8. The maximum atomic E-state index is 14.0. The first kappa shape index (κ1) is 127. The molecular weight excluding hydrogens is 2330 g/mol.